The van der Waals surface area contributed by atoms with E-state index in [2.05, 4.69) is 208 Å². The lowest BCUT2D eigenvalue weighted by Crippen LogP contribution is -2.14. The van der Waals surface area contributed by atoms with E-state index in [4.69, 9.17) is 0 Å². The van der Waals surface area contributed by atoms with Crippen molar-refractivity contribution in [3.8, 4) is 55.6 Å². The average Bonchev–Trinajstić information content (AvgIpc) is 3.48. The fraction of sp³-hybridized carbons (Fsp3) is 0.0545. The lowest BCUT2D eigenvalue weighted by molar-refractivity contribution is 0.661. The van der Waals surface area contributed by atoms with Crippen LogP contribution >= 0.6 is 0 Å². The van der Waals surface area contributed by atoms with Crippen molar-refractivity contribution in [3.63, 3.8) is 0 Å². The van der Waals surface area contributed by atoms with Crippen molar-refractivity contribution in [1.29, 1.82) is 0 Å². The lowest BCUT2D eigenvalue weighted by atomic mass is 9.81. The maximum Gasteiger partial charge on any atom is 0.0159 e. The number of fused-ring (bicyclic) bond motifs is 8. The highest BCUT2D eigenvalue weighted by Gasteiger charge is 2.37. The van der Waals surface area contributed by atoms with Gasteiger partial charge >= 0.3 is 0 Å². The van der Waals surface area contributed by atoms with E-state index in [1.165, 1.54) is 110 Å². The highest BCUT2D eigenvalue weighted by atomic mass is 14.4. The molecule has 1 aliphatic rings. The third-order valence-electron chi connectivity index (χ3n) is 12.2. The Morgan fingerprint density at radius 2 is 0.691 bits per heavy atom. The van der Waals surface area contributed by atoms with Crippen LogP contribution in [0.4, 0.5) is 0 Å². The summed E-state index contributed by atoms with van der Waals surface area (Å²) < 4.78 is 0. The molecule has 0 heterocycles. The number of hydrogen-bond acceptors (Lipinski definition) is 0. The highest BCUT2D eigenvalue weighted by molar-refractivity contribution is 6.22. The molecule has 0 saturated heterocycles. The van der Waals surface area contributed by atoms with Crippen LogP contribution in [0.1, 0.15) is 25.0 Å². The van der Waals surface area contributed by atoms with Crippen molar-refractivity contribution in [2.24, 2.45) is 0 Å². The van der Waals surface area contributed by atoms with Gasteiger partial charge in [0.1, 0.15) is 0 Å². The first-order valence-electron chi connectivity index (χ1n) is 19.4. The van der Waals surface area contributed by atoms with Gasteiger partial charge in [-0.15, -0.1) is 0 Å². The first kappa shape index (κ1) is 31.7. The zero-order valence-electron chi connectivity index (χ0n) is 31.0. The van der Waals surface area contributed by atoms with Gasteiger partial charge in [-0.05, 0) is 122 Å². The van der Waals surface area contributed by atoms with E-state index < -0.39 is 0 Å². The molecule has 0 radical (unpaired) electrons. The van der Waals surface area contributed by atoms with E-state index >= 15 is 0 Å². The van der Waals surface area contributed by atoms with Crippen LogP contribution in [0.2, 0.25) is 0 Å². The molecule has 55 heavy (non-hydrogen) atoms. The van der Waals surface area contributed by atoms with Gasteiger partial charge in [-0.1, -0.05) is 196 Å². The van der Waals surface area contributed by atoms with Crippen molar-refractivity contribution < 1.29 is 0 Å². The van der Waals surface area contributed by atoms with Gasteiger partial charge in [-0.25, -0.2) is 0 Å². The number of benzene rings is 10. The third kappa shape index (κ3) is 4.78. The summed E-state index contributed by atoms with van der Waals surface area (Å²) in [5.41, 5.74) is 15.5. The van der Waals surface area contributed by atoms with Gasteiger partial charge in [0.2, 0.25) is 0 Å². The molecule has 1 aliphatic carbocycles. The maximum absolute atomic E-state index is 2.43. The molecular weight excluding hydrogens is 661 g/mol. The van der Waals surface area contributed by atoms with Crippen LogP contribution in [0.3, 0.4) is 0 Å². The van der Waals surface area contributed by atoms with Crippen molar-refractivity contribution in [1.82, 2.24) is 0 Å². The molecule has 0 unspecified atom stereocenters. The van der Waals surface area contributed by atoms with Gasteiger partial charge in [-0.2, -0.15) is 0 Å². The molecule has 0 bridgehead atoms. The fourth-order valence-electron chi connectivity index (χ4n) is 9.70. The van der Waals surface area contributed by atoms with Crippen LogP contribution in [0.25, 0.3) is 98.7 Å². The Hall–Kier alpha value is -6.76. The fourth-order valence-corrected chi connectivity index (χ4v) is 9.70. The first-order chi connectivity index (χ1) is 27.1. The van der Waals surface area contributed by atoms with Gasteiger partial charge < -0.3 is 0 Å². The van der Waals surface area contributed by atoms with Gasteiger partial charge in [0.15, 0.2) is 0 Å². The molecule has 0 heteroatoms. The van der Waals surface area contributed by atoms with Crippen molar-refractivity contribution >= 4 is 43.1 Å². The predicted molar refractivity (Wildman–Crippen MR) is 236 cm³/mol. The normalized spacial score (nSPS) is 13.1. The van der Waals surface area contributed by atoms with Gasteiger partial charge in [-0.3, -0.25) is 0 Å². The Kier molecular flexibility index (Phi) is 7.00. The van der Waals surface area contributed by atoms with Gasteiger partial charge in [0.05, 0.1) is 0 Å². The molecule has 10 aromatic rings. The van der Waals surface area contributed by atoms with E-state index in [0.29, 0.717) is 0 Å². The van der Waals surface area contributed by atoms with Crippen LogP contribution < -0.4 is 0 Å². The van der Waals surface area contributed by atoms with Crippen LogP contribution in [-0.2, 0) is 5.41 Å². The Morgan fingerprint density at radius 1 is 0.273 bits per heavy atom. The van der Waals surface area contributed by atoms with Crippen LogP contribution in [0, 0.1) is 0 Å². The van der Waals surface area contributed by atoms with Crippen LogP contribution in [0.15, 0.2) is 194 Å². The second-order valence-corrected chi connectivity index (χ2v) is 15.6. The van der Waals surface area contributed by atoms with Gasteiger partial charge in [0, 0.05) is 5.41 Å². The Morgan fingerprint density at radius 3 is 1.31 bits per heavy atom. The molecule has 0 aliphatic heterocycles. The Balaban J connectivity index is 1.13. The standard InChI is InChI=1S/C55H38/c1-55(2)49-30-14-29-44(54(49)53-43-23-6-4-16-36(43)31-32-50(53)55)38-19-12-21-40(34-38)52-47-26-9-7-24-45(47)51(46-25-8-10-27-48(46)52)39-20-11-18-37(33-39)42-28-13-17-35-15-3-5-22-41(35)42/h3-34H,1-2H3. The Labute approximate surface area is 322 Å². The smallest absolute Gasteiger partial charge is 0.0159 e. The van der Waals surface area contributed by atoms with E-state index in [-0.39, 0.29) is 5.41 Å². The second kappa shape index (κ2) is 12.1. The van der Waals surface area contributed by atoms with Crippen LogP contribution in [0.5, 0.6) is 0 Å². The summed E-state index contributed by atoms with van der Waals surface area (Å²) in [6.07, 6.45) is 0. The molecule has 0 atom stereocenters. The molecule has 10 aromatic carbocycles. The molecule has 0 amide bonds. The van der Waals surface area contributed by atoms with E-state index in [1.807, 2.05) is 0 Å². The minimum atomic E-state index is -0.0878. The second-order valence-electron chi connectivity index (χ2n) is 15.6. The lowest BCUT2D eigenvalue weighted by Gasteiger charge is -2.22. The minimum absolute atomic E-state index is 0.0878. The number of rotatable bonds is 4. The largest absolute Gasteiger partial charge is 0.0616 e. The quantitative estimate of drug-likeness (QED) is 0.161. The number of hydrogen-bond donors (Lipinski definition) is 0. The van der Waals surface area contributed by atoms with Crippen molar-refractivity contribution in [3.05, 3.63) is 205 Å². The first-order valence-corrected chi connectivity index (χ1v) is 19.4. The third-order valence-corrected chi connectivity index (χ3v) is 12.2. The van der Waals surface area contributed by atoms with E-state index in [9.17, 15) is 0 Å². The minimum Gasteiger partial charge on any atom is -0.0616 e. The molecular formula is C55H38. The SMILES string of the molecule is CC1(C)c2cccc(-c3cccc(-c4c5ccccc5c(-c5cccc(-c6cccc7ccccc67)c5)c5ccccc45)c3)c2-c2c1ccc1ccccc21. The summed E-state index contributed by atoms with van der Waals surface area (Å²) in [7, 11) is 0. The summed E-state index contributed by atoms with van der Waals surface area (Å²) in [6, 6.07) is 72.1. The summed E-state index contributed by atoms with van der Waals surface area (Å²) in [6.45, 7) is 4.76. The molecule has 11 rings (SSSR count). The summed E-state index contributed by atoms with van der Waals surface area (Å²) in [5, 5.41) is 10.2. The maximum atomic E-state index is 2.43. The summed E-state index contributed by atoms with van der Waals surface area (Å²) >= 11 is 0. The van der Waals surface area contributed by atoms with Crippen molar-refractivity contribution in [2.45, 2.75) is 19.3 Å². The zero-order chi connectivity index (χ0) is 36.7. The summed E-state index contributed by atoms with van der Waals surface area (Å²) in [5.74, 6) is 0. The predicted octanol–water partition coefficient (Wildman–Crippen LogP) is 15.3. The van der Waals surface area contributed by atoms with E-state index in [1.54, 1.807) is 0 Å². The average molecular weight is 699 g/mol. The molecule has 0 nitrogen and oxygen atoms in total. The zero-order valence-corrected chi connectivity index (χ0v) is 31.0. The topological polar surface area (TPSA) is 0 Å². The molecule has 0 aromatic heterocycles. The van der Waals surface area contributed by atoms with E-state index in [0.717, 1.165) is 0 Å². The molecule has 258 valence electrons. The highest BCUT2D eigenvalue weighted by Crippen LogP contribution is 2.55. The molecule has 0 saturated carbocycles. The molecule has 0 spiro atoms. The van der Waals surface area contributed by atoms with Gasteiger partial charge in [0.25, 0.3) is 0 Å². The monoisotopic (exact) mass is 698 g/mol. The van der Waals surface area contributed by atoms with Crippen molar-refractivity contribution in [2.75, 3.05) is 0 Å². The van der Waals surface area contributed by atoms with Crippen LogP contribution in [-0.4, -0.2) is 0 Å². The Bertz CT molecular complexity index is 3110. The molecule has 0 N–H and O–H groups in total. The summed E-state index contributed by atoms with van der Waals surface area (Å²) in [4.78, 5) is 0. The molecule has 0 fully saturated rings.